The van der Waals surface area contributed by atoms with Gasteiger partial charge in [0, 0.05) is 42.9 Å². The quantitative estimate of drug-likeness (QED) is 0.340. The summed E-state index contributed by atoms with van der Waals surface area (Å²) < 4.78 is 48.8. The number of amides is 1. The van der Waals surface area contributed by atoms with Crippen LogP contribution < -0.4 is 28.0 Å². The van der Waals surface area contributed by atoms with Crippen molar-refractivity contribution < 1.29 is 35.1 Å². The number of alkyl halides is 3. The molecule has 3 heterocycles. The van der Waals surface area contributed by atoms with E-state index in [1.807, 2.05) is 6.07 Å². The number of rotatable bonds is 7. The van der Waals surface area contributed by atoms with E-state index >= 15 is 0 Å². The van der Waals surface area contributed by atoms with Gasteiger partial charge in [0.15, 0.2) is 5.65 Å². The lowest BCUT2D eigenvalue weighted by Gasteiger charge is -2.16. The molecule has 1 aromatic carbocycles. The Morgan fingerprint density at radius 1 is 1.27 bits per heavy atom. The summed E-state index contributed by atoms with van der Waals surface area (Å²) in [6.45, 7) is 0.637. The average Bonchev–Trinajstić information content (AvgIpc) is 3.26. The number of nitrogens with one attached hydrogen (secondary N) is 1. The fourth-order valence-corrected chi connectivity index (χ4v) is 3.99. The summed E-state index contributed by atoms with van der Waals surface area (Å²) in [5.74, 6) is -1.21. The number of hydrogen-bond acceptors (Lipinski definition) is 7. The standard InChI is InChI=1S/C25H21ClF3N7O3.ClH/c1-31-7-9-34(2)24(38)36-22-18(4-3-6-32-22)20(33-36)14-35-8-5-19(25(27,28)29)21(23(35)37)39-17-11-15(13-30)10-16(26)12-17;/h3-6,8,10-12,31H,7,9,14H2,1-2H3;1H/p-1. The average molecular weight is 595 g/mol. The van der Waals surface area contributed by atoms with E-state index in [1.165, 1.54) is 29.3 Å². The minimum Gasteiger partial charge on any atom is -1.00 e. The van der Waals surface area contributed by atoms with E-state index in [9.17, 15) is 22.8 Å². The Labute approximate surface area is 236 Å². The third kappa shape index (κ3) is 6.36. The maximum absolute atomic E-state index is 13.8. The van der Waals surface area contributed by atoms with Crippen LogP contribution in [0.2, 0.25) is 5.02 Å². The van der Waals surface area contributed by atoms with Gasteiger partial charge in [-0.3, -0.25) is 4.79 Å². The second-order valence-electron chi connectivity index (χ2n) is 8.42. The van der Waals surface area contributed by atoms with Gasteiger partial charge in [0.1, 0.15) is 11.3 Å². The zero-order valence-corrected chi connectivity index (χ0v) is 22.5. The number of benzene rings is 1. The van der Waals surface area contributed by atoms with Crippen molar-refractivity contribution in [3.05, 3.63) is 81.0 Å². The van der Waals surface area contributed by atoms with Gasteiger partial charge in [0.05, 0.1) is 23.9 Å². The Morgan fingerprint density at radius 3 is 2.70 bits per heavy atom. The van der Waals surface area contributed by atoms with Crippen molar-refractivity contribution in [2.24, 2.45) is 0 Å². The molecule has 1 amide bonds. The third-order valence-corrected chi connectivity index (χ3v) is 5.91. The predicted molar refractivity (Wildman–Crippen MR) is 136 cm³/mol. The lowest BCUT2D eigenvalue weighted by atomic mass is 10.2. The number of nitriles is 1. The molecular weight excluding hydrogens is 574 g/mol. The number of halogens is 5. The first-order valence-electron chi connectivity index (χ1n) is 11.5. The number of carbonyl (C=O) groups is 1. The molecule has 0 fully saturated rings. The van der Waals surface area contributed by atoms with E-state index in [-0.39, 0.29) is 46.6 Å². The van der Waals surface area contributed by atoms with Crippen molar-refractivity contribution >= 4 is 28.7 Å². The van der Waals surface area contributed by atoms with Crippen molar-refractivity contribution in [3.8, 4) is 17.6 Å². The van der Waals surface area contributed by atoms with Gasteiger partial charge >= 0.3 is 12.2 Å². The van der Waals surface area contributed by atoms with Crippen molar-refractivity contribution in [3.63, 3.8) is 0 Å². The minimum atomic E-state index is -4.91. The number of fused-ring (bicyclic) bond motifs is 1. The molecule has 210 valence electrons. The van der Waals surface area contributed by atoms with Crippen LogP contribution in [0.3, 0.4) is 0 Å². The van der Waals surface area contributed by atoms with E-state index in [0.717, 1.165) is 15.4 Å². The smallest absolute Gasteiger partial charge is 0.420 e. The fourth-order valence-electron chi connectivity index (χ4n) is 3.77. The van der Waals surface area contributed by atoms with E-state index in [2.05, 4.69) is 15.4 Å². The molecule has 4 rings (SSSR count). The molecule has 0 spiro atoms. The van der Waals surface area contributed by atoms with Gasteiger partial charge in [-0.05, 0) is 43.4 Å². The lowest BCUT2D eigenvalue weighted by molar-refractivity contribution is -0.138. The SMILES string of the molecule is CNCCN(C)C(=O)n1nc(Cn2ccc(C(F)(F)F)c(Oc3cc(Cl)cc(C#N)c3)c2=O)c2cccnc21.[Cl-]. The van der Waals surface area contributed by atoms with Crippen LogP contribution in [0.5, 0.6) is 11.5 Å². The second-order valence-corrected chi connectivity index (χ2v) is 8.86. The van der Waals surface area contributed by atoms with E-state index in [4.69, 9.17) is 21.6 Å². The number of ether oxygens (including phenoxy) is 1. The summed E-state index contributed by atoms with van der Waals surface area (Å²) in [5, 5.41) is 16.9. The maximum Gasteiger partial charge on any atom is 0.420 e. The summed E-state index contributed by atoms with van der Waals surface area (Å²) in [6, 6.07) is 8.97. The molecule has 40 heavy (non-hydrogen) atoms. The molecule has 0 bridgehead atoms. The van der Waals surface area contributed by atoms with Crippen LogP contribution in [0.1, 0.15) is 16.8 Å². The van der Waals surface area contributed by atoms with Crippen molar-refractivity contribution in [2.75, 3.05) is 27.2 Å². The van der Waals surface area contributed by atoms with E-state index < -0.39 is 29.1 Å². The largest absolute Gasteiger partial charge is 1.00 e. The van der Waals surface area contributed by atoms with Crippen LogP contribution in [0, 0.1) is 11.3 Å². The van der Waals surface area contributed by atoms with Crippen LogP contribution in [-0.4, -0.2) is 57.4 Å². The first kappa shape index (κ1) is 30.4. The van der Waals surface area contributed by atoms with Crippen LogP contribution in [0.4, 0.5) is 18.0 Å². The van der Waals surface area contributed by atoms with Gasteiger partial charge in [-0.1, -0.05) is 11.6 Å². The maximum atomic E-state index is 13.8. The summed E-state index contributed by atoms with van der Waals surface area (Å²) in [4.78, 5) is 32.0. The summed E-state index contributed by atoms with van der Waals surface area (Å²) in [6.07, 6.45) is -2.46. The highest BCUT2D eigenvalue weighted by Gasteiger charge is 2.37. The number of pyridine rings is 2. The highest BCUT2D eigenvalue weighted by Crippen LogP contribution is 2.36. The molecule has 0 radical (unpaired) electrons. The molecule has 0 aliphatic rings. The van der Waals surface area contributed by atoms with E-state index in [0.29, 0.717) is 24.5 Å². The molecule has 0 aliphatic carbocycles. The van der Waals surface area contributed by atoms with Crippen molar-refractivity contribution in [1.82, 2.24) is 29.5 Å². The molecule has 0 atom stereocenters. The molecular formula is C25H21Cl2F3N7O3-. The Bertz CT molecular complexity index is 1650. The monoisotopic (exact) mass is 594 g/mol. The first-order chi connectivity index (χ1) is 18.5. The highest BCUT2D eigenvalue weighted by molar-refractivity contribution is 6.30. The first-order valence-corrected chi connectivity index (χ1v) is 11.8. The molecule has 3 aromatic heterocycles. The molecule has 0 aliphatic heterocycles. The van der Waals surface area contributed by atoms with Gasteiger partial charge in [0.25, 0.3) is 5.56 Å². The third-order valence-electron chi connectivity index (χ3n) is 5.69. The number of hydrogen-bond donors (Lipinski definition) is 1. The number of carbonyl (C=O) groups excluding carboxylic acids is 1. The van der Waals surface area contributed by atoms with Crippen LogP contribution in [0.15, 0.2) is 53.6 Å². The zero-order chi connectivity index (χ0) is 28.3. The van der Waals surface area contributed by atoms with Gasteiger partial charge in [-0.15, -0.1) is 0 Å². The molecule has 15 heteroatoms. The molecule has 0 unspecified atom stereocenters. The predicted octanol–water partition coefficient (Wildman–Crippen LogP) is 1.10. The Kier molecular flexibility index (Phi) is 9.41. The zero-order valence-electron chi connectivity index (χ0n) is 21.0. The number of nitrogens with zero attached hydrogens (tertiary/aromatic N) is 6. The van der Waals surface area contributed by atoms with Crippen LogP contribution in [0.25, 0.3) is 11.0 Å². The number of likely N-dealkylation sites (N-methyl/N-ethyl adjacent to an activating group) is 2. The minimum absolute atomic E-state index is 0. The van der Waals surface area contributed by atoms with Crippen LogP contribution >= 0.6 is 11.6 Å². The second kappa shape index (κ2) is 12.4. The summed E-state index contributed by atoms with van der Waals surface area (Å²) in [5.41, 5.74) is -1.91. The Morgan fingerprint density at radius 2 is 2.02 bits per heavy atom. The fraction of sp³-hybridized carbons (Fsp3) is 0.240. The molecule has 0 saturated heterocycles. The summed E-state index contributed by atoms with van der Waals surface area (Å²) in [7, 11) is 3.34. The van der Waals surface area contributed by atoms with Crippen molar-refractivity contribution in [2.45, 2.75) is 12.7 Å². The molecule has 1 N–H and O–H groups in total. The molecule has 10 nitrogen and oxygen atoms in total. The van der Waals surface area contributed by atoms with Gasteiger partial charge in [-0.25, -0.2) is 9.78 Å². The van der Waals surface area contributed by atoms with Crippen molar-refractivity contribution in [1.29, 1.82) is 5.26 Å². The van der Waals surface area contributed by atoms with Gasteiger partial charge in [-0.2, -0.15) is 28.2 Å². The highest BCUT2D eigenvalue weighted by atomic mass is 35.5. The lowest BCUT2D eigenvalue weighted by Crippen LogP contribution is -3.00. The molecule has 4 aromatic rings. The summed E-state index contributed by atoms with van der Waals surface area (Å²) >= 11 is 5.95. The van der Waals surface area contributed by atoms with E-state index in [1.54, 1.807) is 26.2 Å². The normalized spacial score (nSPS) is 11.1. The van der Waals surface area contributed by atoms with Gasteiger partial charge in [0.2, 0.25) is 5.75 Å². The Balaban J connectivity index is 0.00000441. The molecule has 0 saturated carbocycles. The topological polar surface area (TPSA) is 118 Å². The van der Waals surface area contributed by atoms with Crippen LogP contribution in [-0.2, 0) is 12.7 Å². The number of aromatic nitrogens is 4. The van der Waals surface area contributed by atoms with Gasteiger partial charge < -0.3 is 31.9 Å². The Hall–Kier alpha value is -4.12.